The molecule has 27 heavy (non-hydrogen) atoms. The third-order valence-corrected chi connectivity index (χ3v) is 4.41. The zero-order chi connectivity index (χ0) is 18.6. The molecule has 0 saturated carbocycles. The SMILES string of the molecule is COc1ncc(F)cc1CNc1ncc(CC2CNc3ncncc32)cn1. The average Bonchev–Trinajstić information content (AvgIpc) is 3.10. The van der Waals surface area contributed by atoms with E-state index in [0.29, 0.717) is 29.9 Å². The molecule has 1 atom stereocenters. The summed E-state index contributed by atoms with van der Waals surface area (Å²) >= 11 is 0. The van der Waals surface area contributed by atoms with E-state index in [4.69, 9.17) is 4.74 Å². The van der Waals surface area contributed by atoms with E-state index in [1.54, 1.807) is 18.7 Å². The second kappa shape index (κ2) is 7.48. The Balaban J connectivity index is 1.39. The molecule has 0 saturated heterocycles. The highest BCUT2D eigenvalue weighted by molar-refractivity contribution is 5.50. The molecule has 138 valence electrons. The number of ether oxygens (including phenoxy) is 1. The number of rotatable bonds is 6. The molecular formula is C18H18FN7O. The van der Waals surface area contributed by atoms with Crippen molar-refractivity contribution in [3.05, 3.63) is 59.7 Å². The predicted octanol–water partition coefficient (Wildman–Crippen LogP) is 2.17. The van der Waals surface area contributed by atoms with Gasteiger partial charge in [0.25, 0.3) is 0 Å². The number of pyridine rings is 1. The van der Waals surface area contributed by atoms with Gasteiger partial charge in [-0.3, -0.25) is 0 Å². The van der Waals surface area contributed by atoms with Crippen molar-refractivity contribution in [3.8, 4) is 5.88 Å². The van der Waals surface area contributed by atoms with Crippen molar-refractivity contribution < 1.29 is 9.13 Å². The quantitative estimate of drug-likeness (QED) is 0.684. The highest BCUT2D eigenvalue weighted by atomic mass is 19.1. The third-order valence-electron chi connectivity index (χ3n) is 4.41. The van der Waals surface area contributed by atoms with E-state index in [-0.39, 0.29) is 0 Å². The Morgan fingerprint density at radius 2 is 2.04 bits per heavy atom. The van der Waals surface area contributed by atoms with Crippen LogP contribution in [0.1, 0.15) is 22.6 Å². The summed E-state index contributed by atoms with van der Waals surface area (Å²) in [7, 11) is 1.50. The van der Waals surface area contributed by atoms with Crippen molar-refractivity contribution in [3.63, 3.8) is 0 Å². The van der Waals surface area contributed by atoms with Crippen molar-refractivity contribution >= 4 is 11.8 Å². The van der Waals surface area contributed by atoms with Crippen LogP contribution in [-0.2, 0) is 13.0 Å². The highest BCUT2D eigenvalue weighted by Gasteiger charge is 2.23. The molecule has 4 rings (SSSR count). The van der Waals surface area contributed by atoms with Crippen molar-refractivity contribution in [2.24, 2.45) is 0 Å². The lowest BCUT2D eigenvalue weighted by molar-refractivity contribution is 0.391. The molecule has 0 fully saturated rings. The van der Waals surface area contributed by atoms with Gasteiger partial charge in [-0.15, -0.1) is 0 Å². The van der Waals surface area contributed by atoms with Crippen LogP contribution in [0.15, 0.2) is 37.2 Å². The lowest BCUT2D eigenvalue weighted by Gasteiger charge is -2.11. The summed E-state index contributed by atoms with van der Waals surface area (Å²) in [5.74, 6) is 1.60. The van der Waals surface area contributed by atoms with Crippen LogP contribution in [0.2, 0.25) is 0 Å². The molecule has 2 N–H and O–H groups in total. The van der Waals surface area contributed by atoms with Crippen molar-refractivity contribution in [1.82, 2.24) is 24.9 Å². The third kappa shape index (κ3) is 3.76. The molecule has 0 radical (unpaired) electrons. The Hall–Kier alpha value is -3.36. The molecular weight excluding hydrogens is 349 g/mol. The van der Waals surface area contributed by atoms with E-state index in [1.165, 1.54) is 13.2 Å². The topological polar surface area (TPSA) is 97.7 Å². The minimum Gasteiger partial charge on any atom is -0.481 e. The predicted molar refractivity (Wildman–Crippen MR) is 97.1 cm³/mol. The van der Waals surface area contributed by atoms with Gasteiger partial charge in [0.1, 0.15) is 18.0 Å². The van der Waals surface area contributed by atoms with E-state index in [2.05, 4.69) is 35.6 Å². The zero-order valence-corrected chi connectivity index (χ0v) is 14.7. The lowest BCUT2D eigenvalue weighted by atomic mass is 9.97. The summed E-state index contributed by atoms with van der Waals surface area (Å²) in [6, 6.07) is 1.37. The van der Waals surface area contributed by atoms with Gasteiger partial charge < -0.3 is 15.4 Å². The monoisotopic (exact) mass is 367 g/mol. The van der Waals surface area contributed by atoms with Crippen LogP contribution in [0.4, 0.5) is 16.2 Å². The molecule has 0 aliphatic carbocycles. The second-order valence-corrected chi connectivity index (χ2v) is 6.20. The maximum absolute atomic E-state index is 13.4. The summed E-state index contributed by atoms with van der Waals surface area (Å²) in [5, 5.41) is 6.34. The Morgan fingerprint density at radius 3 is 2.85 bits per heavy atom. The summed E-state index contributed by atoms with van der Waals surface area (Å²) in [6.07, 6.45) is 8.89. The molecule has 3 aromatic rings. The van der Waals surface area contributed by atoms with E-state index < -0.39 is 5.82 Å². The number of aromatic nitrogens is 5. The number of nitrogens with one attached hydrogen (secondary N) is 2. The first-order valence-electron chi connectivity index (χ1n) is 8.50. The van der Waals surface area contributed by atoms with Gasteiger partial charge in [-0.1, -0.05) is 0 Å². The molecule has 1 aliphatic heterocycles. The number of hydrogen-bond donors (Lipinski definition) is 2. The maximum Gasteiger partial charge on any atom is 0.222 e. The van der Waals surface area contributed by atoms with Gasteiger partial charge in [0.05, 0.1) is 13.3 Å². The first kappa shape index (κ1) is 17.1. The van der Waals surface area contributed by atoms with Gasteiger partial charge in [0, 0.05) is 48.7 Å². The molecule has 1 aliphatic rings. The Kier molecular flexibility index (Phi) is 4.73. The fourth-order valence-corrected chi connectivity index (χ4v) is 3.09. The van der Waals surface area contributed by atoms with Crippen LogP contribution >= 0.6 is 0 Å². The van der Waals surface area contributed by atoms with Gasteiger partial charge >= 0.3 is 0 Å². The number of anilines is 2. The van der Waals surface area contributed by atoms with Gasteiger partial charge in [0.15, 0.2) is 0 Å². The zero-order valence-electron chi connectivity index (χ0n) is 14.7. The summed E-state index contributed by atoms with van der Waals surface area (Å²) < 4.78 is 18.5. The van der Waals surface area contributed by atoms with E-state index in [0.717, 1.165) is 36.1 Å². The average molecular weight is 367 g/mol. The lowest BCUT2D eigenvalue weighted by Crippen LogP contribution is -2.08. The van der Waals surface area contributed by atoms with Crippen LogP contribution < -0.4 is 15.4 Å². The number of methoxy groups -OCH3 is 1. The van der Waals surface area contributed by atoms with Crippen LogP contribution in [0, 0.1) is 5.82 Å². The smallest absolute Gasteiger partial charge is 0.222 e. The Bertz CT molecular complexity index is 935. The number of fused-ring (bicyclic) bond motifs is 1. The van der Waals surface area contributed by atoms with Gasteiger partial charge in [-0.25, -0.2) is 29.3 Å². The Labute approximate surface area is 155 Å². The Morgan fingerprint density at radius 1 is 1.19 bits per heavy atom. The molecule has 0 aromatic carbocycles. The first-order chi connectivity index (χ1) is 13.2. The summed E-state index contributed by atoms with van der Waals surface area (Å²) in [6.45, 7) is 1.13. The molecule has 4 heterocycles. The fourth-order valence-electron chi connectivity index (χ4n) is 3.09. The minimum atomic E-state index is -0.418. The molecule has 0 spiro atoms. The molecule has 3 aromatic heterocycles. The first-order valence-corrected chi connectivity index (χ1v) is 8.50. The van der Waals surface area contributed by atoms with Crippen molar-refractivity contribution in [1.29, 1.82) is 0 Å². The second-order valence-electron chi connectivity index (χ2n) is 6.20. The fraction of sp³-hybridized carbons (Fsp3) is 0.278. The standard InChI is InChI=1S/C18H18FN7O/c1-27-17-13(3-14(19)8-22-17)7-25-18-23-4-11(5-24-18)2-12-6-21-16-15(12)9-20-10-26-16/h3-5,8-10,12H,2,6-7H2,1H3,(H,20,21,26)(H,23,24,25). The van der Waals surface area contributed by atoms with E-state index >= 15 is 0 Å². The number of halogens is 1. The molecule has 8 nitrogen and oxygen atoms in total. The van der Waals surface area contributed by atoms with Crippen LogP contribution in [-0.4, -0.2) is 38.6 Å². The molecule has 1 unspecified atom stereocenters. The molecule has 9 heteroatoms. The highest BCUT2D eigenvalue weighted by Crippen LogP contribution is 2.30. The molecule has 0 amide bonds. The molecule has 0 bridgehead atoms. The minimum absolute atomic E-state index is 0.297. The summed E-state index contributed by atoms with van der Waals surface area (Å²) in [4.78, 5) is 20.9. The van der Waals surface area contributed by atoms with Gasteiger partial charge in [0.2, 0.25) is 11.8 Å². The largest absolute Gasteiger partial charge is 0.481 e. The van der Waals surface area contributed by atoms with Crippen LogP contribution in [0.25, 0.3) is 0 Å². The maximum atomic E-state index is 13.4. The van der Waals surface area contributed by atoms with Crippen molar-refractivity contribution in [2.75, 3.05) is 24.3 Å². The van der Waals surface area contributed by atoms with Crippen LogP contribution in [0.3, 0.4) is 0 Å². The number of hydrogen-bond acceptors (Lipinski definition) is 8. The normalized spacial score (nSPS) is 15.1. The van der Waals surface area contributed by atoms with Gasteiger partial charge in [-0.05, 0) is 18.1 Å². The summed E-state index contributed by atoms with van der Waals surface area (Å²) in [5.41, 5.74) is 2.73. The van der Waals surface area contributed by atoms with Crippen LogP contribution in [0.5, 0.6) is 5.88 Å². The van der Waals surface area contributed by atoms with E-state index in [9.17, 15) is 4.39 Å². The van der Waals surface area contributed by atoms with Crippen molar-refractivity contribution in [2.45, 2.75) is 18.9 Å². The van der Waals surface area contributed by atoms with Gasteiger partial charge in [-0.2, -0.15) is 0 Å². The van der Waals surface area contributed by atoms with E-state index in [1.807, 2.05) is 6.20 Å². The number of nitrogens with zero attached hydrogens (tertiary/aromatic N) is 5.